The predicted molar refractivity (Wildman–Crippen MR) is 74.7 cm³/mol. The molecule has 0 saturated carbocycles. The van der Waals surface area contributed by atoms with Crippen molar-refractivity contribution in [3.05, 3.63) is 29.8 Å². The molecule has 0 radical (unpaired) electrons. The number of aryl methyl sites for hydroxylation is 1. The van der Waals surface area contributed by atoms with Gasteiger partial charge in [0.1, 0.15) is 0 Å². The van der Waals surface area contributed by atoms with Gasteiger partial charge in [-0.2, -0.15) is 0 Å². The number of unbranched alkanes of at least 4 members (excludes halogenated alkanes) is 2. The lowest BCUT2D eigenvalue weighted by Crippen LogP contribution is -2.02. The molecule has 0 bridgehead atoms. The number of ether oxygens (including phenoxy) is 1. The van der Waals surface area contributed by atoms with Crippen LogP contribution >= 0.6 is 0 Å². The van der Waals surface area contributed by atoms with Crippen molar-refractivity contribution in [2.75, 3.05) is 25.6 Å². The van der Waals surface area contributed by atoms with Crippen molar-refractivity contribution >= 4 is 5.69 Å². The fraction of sp³-hybridized carbons (Fsp3) is 0.600. The lowest BCUT2D eigenvalue weighted by molar-refractivity contribution is 0.194. The maximum absolute atomic E-state index is 5.02. The molecule has 0 aliphatic rings. The average molecular weight is 235 g/mol. The third kappa shape index (κ3) is 6.32. The van der Waals surface area contributed by atoms with Crippen molar-refractivity contribution < 1.29 is 4.74 Å². The molecule has 0 aliphatic heterocycles. The summed E-state index contributed by atoms with van der Waals surface area (Å²) >= 11 is 0. The molecule has 0 aromatic heterocycles. The summed E-state index contributed by atoms with van der Waals surface area (Å²) in [5, 5.41) is 3.43. The summed E-state index contributed by atoms with van der Waals surface area (Å²) in [4.78, 5) is 0. The van der Waals surface area contributed by atoms with Crippen LogP contribution in [0.5, 0.6) is 0 Å². The van der Waals surface area contributed by atoms with Crippen LogP contribution in [0.4, 0.5) is 5.69 Å². The van der Waals surface area contributed by atoms with Crippen LogP contribution in [0.25, 0.3) is 0 Å². The number of hydrogen-bond acceptors (Lipinski definition) is 2. The Morgan fingerprint density at radius 2 is 1.82 bits per heavy atom. The maximum Gasteiger partial charge on any atom is 0.0462 e. The first-order chi connectivity index (χ1) is 8.36. The van der Waals surface area contributed by atoms with E-state index in [2.05, 4.69) is 36.5 Å². The third-order valence-electron chi connectivity index (χ3n) is 2.88. The Kier molecular flexibility index (Phi) is 7.48. The first-order valence-electron chi connectivity index (χ1n) is 6.68. The number of nitrogens with one attached hydrogen (secondary N) is 1. The molecule has 1 aromatic rings. The van der Waals surface area contributed by atoms with Crippen LogP contribution in [-0.2, 0) is 11.2 Å². The summed E-state index contributed by atoms with van der Waals surface area (Å²) in [5.41, 5.74) is 2.67. The van der Waals surface area contributed by atoms with E-state index in [4.69, 9.17) is 4.74 Å². The van der Waals surface area contributed by atoms with Crippen molar-refractivity contribution in [2.45, 2.75) is 39.0 Å². The van der Waals surface area contributed by atoms with E-state index in [9.17, 15) is 0 Å². The minimum absolute atomic E-state index is 0.859. The smallest absolute Gasteiger partial charge is 0.0462 e. The second-order valence-corrected chi connectivity index (χ2v) is 4.43. The Morgan fingerprint density at radius 1 is 1.06 bits per heavy atom. The van der Waals surface area contributed by atoms with Crippen LogP contribution in [0.1, 0.15) is 38.2 Å². The summed E-state index contributed by atoms with van der Waals surface area (Å²) in [6.45, 7) is 4.12. The largest absolute Gasteiger partial charge is 0.385 e. The highest BCUT2D eigenvalue weighted by molar-refractivity contribution is 5.44. The second kappa shape index (κ2) is 9.06. The van der Waals surface area contributed by atoms with Crippen LogP contribution in [0, 0.1) is 0 Å². The zero-order valence-corrected chi connectivity index (χ0v) is 11.2. The van der Waals surface area contributed by atoms with Crippen LogP contribution in [-0.4, -0.2) is 20.3 Å². The molecule has 1 rings (SSSR count). The minimum Gasteiger partial charge on any atom is -0.385 e. The second-order valence-electron chi connectivity index (χ2n) is 4.43. The summed E-state index contributed by atoms with van der Waals surface area (Å²) in [6, 6.07) is 8.82. The lowest BCUT2D eigenvalue weighted by atomic mass is 10.1. The molecule has 0 unspecified atom stereocenters. The van der Waals surface area contributed by atoms with E-state index in [-0.39, 0.29) is 0 Å². The Bertz CT molecular complexity index is 281. The van der Waals surface area contributed by atoms with Crippen molar-refractivity contribution in [1.82, 2.24) is 0 Å². The van der Waals surface area contributed by atoms with Crippen LogP contribution < -0.4 is 5.32 Å². The normalized spacial score (nSPS) is 10.5. The Balaban J connectivity index is 2.20. The van der Waals surface area contributed by atoms with Gasteiger partial charge in [0.05, 0.1) is 0 Å². The first kappa shape index (κ1) is 14.0. The Labute approximate surface area is 105 Å². The standard InChI is InChI=1S/C15H25NO/c1-3-4-7-14-8-10-15(11-9-14)16-12-5-6-13-17-2/h8-11,16H,3-7,12-13H2,1-2H3. The highest BCUT2D eigenvalue weighted by Crippen LogP contribution is 2.11. The molecule has 0 atom stereocenters. The van der Waals surface area contributed by atoms with Gasteiger partial charge in [-0.15, -0.1) is 0 Å². The Hall–Kier alpha value is -1.02. The van der Waals surface area contributed by atoms with Gasteiger partial charge in [0, 0.05) is 25.9 Å². The number of methoxy groups -OCH3 is 1. The number of hydrogen-bond donors (Lipinski definition) is 1. The van der Waals surface area contributed by atoms with E-state index in [1.807, 2.05) is 0 Å². The fourth-order valence-electron chi connectivity index (χ4n) is 1.77. The molecule has 2 heteroatoms. The minimum atomic E-state index is 0.859. The van der Waals surface area contributed by atoms with E-state index in [1.165, 1.54) is 30.5 Å². The predicted octanol–water partition coefficient (Wildman–Crippen LogP) is 3.87. The van der Waals surface area contributed by atoms with E-state index in [1.54, 1.807) is 7.11 Å². The molecule has 0 saturated heterocycles. The zero-order valence-electron chi connectivity index (χ0n) is 11.2. The quantitative estimate of drug-likeness (QED) is 0.656. The van der Waals surface area contributed by atoms with Gasteiger partial charge in [0.25, 0.3) is 0 Å². The van der Waals surface area contributed by atoms with E-state index >= 15 is 0 Å². The van der Waals surface area contributed by atoms with Gasteiger partial charge < -0.3 is 10.1 Å². The SMILES string of the molecule is CCCCc1ccc(NCCCCOC)cc1. The highest BCUT2D eigenvalue weighted by Gasteiger charge is 1.94. The summed E-state index contributed by atoms with van der Waals surface area (Å²) in [7, 11) is 1.75. The van der Waals surface area contributed by atoms with Crippen molar-refractivity contribution in [1.29, 1.82) is 0 Å². The molecule has 96 valence electrons. The van der Waals surface area contributed by atoms with Gasteiger partial charge in [-0.05, 0) is 43.4 Å². The highest BCUT2D eigenvalue weighted by atomic mass is 16.5. The number of benzene rings is 1. The number of anilines is 1. The van der Waals surface area contributed by atoms with Crippen LogP contribution in [0.3, 0.4) is 0 Å². The average Bonchev–Trinajstić information content (AvgIpc) is 2.37. The summed E-state index contributed by atoms with van der Waals surface area (Å²) < 4.78 is 5.02. The summed E-state index contributed by atoms with van der Waals surface area (Å²) in [6.07, 6.45) is 6.03. The number of rotatable bonds is 9. The van der Waals surface area contributed by atoms with Gasteiger partial charge in [0.2, 0.25) is 0 Å². The lowest BCUT2D eigenvalue weighted by Gasteiger charge is -2.07. The molecule has 0 fully saturated rings. The van der Waals surface area contributed by atoms with Gasteiger partial charge >= 0.3 is 0 Å². The molecule has 0 spiro atoms. The van der Waals surface area contributed by atoms with Crippen molar-refractivity contribution in [3.63, 3.8) is 0 Å². The topological polar surface area (TPSA) is 21.3 Å². The van der Waals surface area contributed by atoms with Gasteiger partial charge in [-0.3, -0.25) is 0 Å². The third-order valence-corrected chi connectivity index (χ3v) is 2.88. The molecule has 1 N–H and O–H groups in total. The van der Waals surface area contributed by atoms with E-state index in [0.717, 1.165) is 26.0 Å². The molecule has 0 aliphatic carbocycles. The van der Waals surface area contributed by atoms with Crippen molar-refractivity contribution in [2.24, 2.45) is 0 Å². The van der Waals surface area contributed by atoms with Gasteiger partial charge in [0.15, 0.2) is 0 Å². The molecule has 0 amide bonds. The zero-order chi connectivity index (χ0) is 12.3. The molecular weight excluding hydrogens is 210 g/mol. The molecule has 0 heterocycles. The van der Waals surface area contributed by atoms with Gasteiger partial charge in [-0.1, -0.05) is 25.5 Å². The molecule has 1 aromatic carbocycles. The van der Waals surface area contributed by atoms with Gasteiger partial charge in [-0.25, -0.2) is 0 Å². The monoisotopic (exact) mass is 235 g/mol. The first-order valence-corrected chi connectivity index (χ1v) is 6.68. The summed E-state index contributed by atoms with van der Waals surface area (Å²) in [5.74, 6) is 0. The fourth-order valence-corrected chi connectivity index (χ4v) is 1.77. The van der Waals surface area contributed by atoms with Crippen molar-refractivity contribution in [3.8, 4) is 0 Å². The maximum atomic E-state index is 5.02. The molecule has 2 nitrogen and oxygen atoms in total. The molecule has 17 heavy (non-hydrogen) atoms. The van der Waals surface area contributed by atoms with Crippen LogP contribution in [0.15, 0.2) is 24.3 Å². The molecular formula is C15H25NO. The van der Waals surface area contributed by atoms with Crippen LogP contribution in [0.2, 0.25) is 0 Å². The van der Waals surface area contributed by atoms with E-state index < -0.39 is 0 Å². The van der Waals surface area contributed by atoms with E-state index in [0.29, 0.717) is 0 Å². The Morgan fingerprint density at radius 3 is 2.47 bits per heavy atom.